The molecule has 0 N–H and O–H groups in total. The monoisotopic (exact) mass is 370 g/mol. The lowest BCUT2D eigenvalue weighted by Gasteiger charge is -2.36. The van der Waals surface area contributed by atoms with E-state index in [1.165, 1.54) is 6.07 Å². The third-order valence-corrected chi connectivity index (χ3v) is 4.75. The Balaban J connectivity index is 1.51. The zero-order valence-corrected chi connectivity index (χ0v) is 15.6. The molecular weight excluding hydrogens is 347 g/mol. The number of ether oxygens (including phenoxy) is 1. The van der Waals surface area contributed by atoms with Gasteiger partial charge < -0.3 is 14.5 Å². The smallest absolute Gasteiger partial charge is 0.338 e. The van der Waals surface area contributed by atoms with Crippen LogP contribution in [0.4, 0.5) is 10.1 Å². The molecule has 0 radical (unpaired) electrons. The van der Waals surface area contributed by atoms with Gasteiger partial charge in [-0.1, -0.05) is 29.8 Å². The normalized spacial score (nSPS) is 14.2. The number of nitrogens with zero attached hydrogens (tertiary/aromatic N) is 2. The lowest BCUT2D eigenvalue weighted by atomic mass is 10.1. The summed E-state index contributed by atoms with van der Waals surface area (Å²) < 4.78 is 19.1. The maximum Gasteiger partial charge on any atom is 0.338 e. The van der Waals surface area contributed by atoms with Gasteiger partial charge in [-0.05, 0) is 37.6 Å². The molecule has 0 aromatic heterocycles. The molecule has 0 aliphatic carbocycles. The van der Waals surface area contributed by atoms with Gasteiger partial charge in [0.05, 0.1) is 11.3 Å². The van der Waals surface area contributed by atoms with Crippen LogP contribution in [-0.4, -0.2) is 49.6 Å². The molecule has 1 fully saturated rings. The number of hydrogen-bond acceptors (Lipinski definition) is 4. The molecule has 1 aliphatic heterocycles. The first-order chi connectivity index (χ1) is 13.0. The third kappa shape index (κ3) is 4.45. The minimum atomic E-state index is -0.495. The number of carbonyl (C=O) groups excluding carboxylic acids is 2. The molecule has 142 valence electrons. The molecule has 2 aromatic rings. The van der Waals surface area contributed by atoms with Crippen LogP contribution >= 0.6 is 0 Å². The van der Waals surface area contributed by atoms with E-state index in [1.807, 2.05) is 30.9 Å². The van der Waals surface area contributed by atoms with Gasteiger partial charge in [-0.25, -0.2) is 9.18 Å². The number of carbonyl (C=O) groups is 2. The summed E-state index contributed by atoms with van der Waals surface area (Å²) in [4.78, 5) is 28.1. The number of piperazine rings is 1. The van der Waals surface area contributed by atoms with Crippen molar-refractivity contribution < 1.29 is 18.7 Å². The molecule has 1 saturated heterocycles. The fourth-order valence-corrected chi connectivity index (χ4v) is 3.24. The quantitative estimate of drug-likeness (QED) is 0.777. The lowest BCUT2D eigenvalue weighted by molar-refractivity contribution is -0.134. The highest BCUT2D eigenvalue weighted by Gasteiger charge is 2.23. The summed E-state index contributed by atoms with van der Waals surface area (Å²) in [5.74, 6) is -0.994. The van der Waals surface area contributed by atoms with Gasteiger partial charge in [-0.2, -0.15) is 0 Å². The van der Waals surface area contributed by atoms with Crippen molar-refractivity contribution in [2.75, 3.05) is 37.7 Å². The molecule has 6 heteroatoms. The Morgan fingerprint density at radius 1 is 1.04 bits per heavy atom. The van der Waals surface area contributed by atoms with Crippen LogP contribution in [0.5, 0.6) is 0 Å². The molecule has 1 heterocycles. The fraction of sp³-hybridized carbons (Fsp3) is 0.333. The van der Waals surface area contributed by atoms with E-state index < -0.39 is 5.97 Å². The van der Waals surface area contributed by atoms with Gasteiger partial charge >= 0.3 is 5.97 Å². The van der Waals surface area contributed by atoms with Crippen LogP contribution in [0.25, 0.3) is 0 Å². The molecular formula is C21H23FN2O3. The Labute approximate surface area is 158 Å². The van der Waals surface area contributed by atoms with Gasteiger partial charge in [0.2, 0.25) is 0 Å². The van der Waals surface area contributed by atoms with E-state index in [0.717, 1.165) is 11.1 Å². The maximum absolute atomic E-state index is 13.9. The van der Waals surface area contributed by atoms with Crippen molar-refractivity contribution in [2.45, 2.75) is 13.8 Å². The molecule has 1 aliphatic rings. The van der Waals surface area contributed by atoms with Crippen LogP contribution in [0.3, 0.4) is 0 Å². The zero-order valence-electron chi connectivity index (χ0n) is 15.6. The van der Waals surface area contributed by atoms with Crippen LogP contribution in [0, 0.1) is 19.7 Å². The van der Waals surface area contributed by atoms with Crippen molar-refractivity contribution in [2.24, 2.45) is 0 Å². The number of hydrogen-bond donors (Lipinski definition) is 0. The molecule has 0 spiro atoms. The summed E-state index contributed by atoms with van der Waals surface area (Å²) in [6, 6.07) is 12.1. The van der Waals surface area contributed by atoms with Crippen molar-refractivity contribution in [1.29, 1.82) is 0 Å². The average Bonchev–Trinajstić information content (AvgIpc) is 2.66. The number of esters is 1. The first-order valence-electron chi connectivity index (χ1n) is 8.97. The lowest BCUT2D eigenvalue weighted by Crippen LogP contribution is -2.50. The standard InChI is InChI=1S/C21H23FN2O3/c1-15-7-8-17(16(2)13-15)21(26)27-14-20(25)24-11-9-23(10-12-24)19-6-4-3-5-18(19)22/h3-8,13H,9-12,14H2,1-2H3. The highest BCUT2D eigenvalue weighted by Crippen LogP contribution is 2.20. The summed E-state index contributed by atoms with van der Waals surface area (Å²) in [6.07, 6.45) is 0. The number of anilines is 1. The van der Waals surface area contributed by atoms with Gasteiger partial charge in [0, 0.05) is 26.2 Å². The summed E-state index contributed by atoms with van der Waals surface area (Å²) in [5, 5.41) is 0. The number of aryl methyl sites for hydroxylation is 2. The molecule has 5 nitrogen and oxygen atoms in total. The van der Waals surface area contributed by atoms with Crippen LogP contribution in [0.2, 0.25) is 0 Å². The minimum Gasteiger partial charge on any atom is -0.452 e. The minimum absolute atomic E-state index is 0.235. The average molecular weight is 370 g/mol. The van der Waals surface area contributed by atoms with Crippen molar-refractivity contribution in [3.05, 3.63) is 65.0 Å². The predicted molar refractivity (Wildman–Crippen MR) is 101 cm³/mol. The second-order valence-corrected chi connectivity index (χ2v) is 6.71. The van der Waals surface area contributed by atoms with E-state index in [1.54, 1.807) is 29.2 Å². The first-order valence-corrected chi connectivity index (χ1v) is 8.97. The highest BCUT2D eigenvalue weighted by atomic mass is 19.1. The SMILES string of the molecule is Cc1ccc(C(=O)OCC(=O)N2CCN(c3ccccc3F)CC2)c(C)c1. The number of amides is 1. The second kappa shape index (κ2) is 8.20. The number of para-hydroxylation sites is 1. The Kier molecular flexibility index (Phi) is 5.74. The number of rotatable bonds is 4. The van der Waals surface area contributed by atoms with Crippen molar-refractivity contribution in [3.8, 4) is 0 Å². The number of benzene rings is 2. The van der Waals surface area contributed by atoms with E-state index in [2.05, 4.69) is 0 Å². The van der Waals surface area contributed by atoms with E-state index in [4.69, 9.17) is 4.74 Å². The first kappa shape index (κ1) is 18.9. The molecule has 0 saturated carbocycles. The maximum atomic E-state index is 13.9. The zero-order chi connectivity index (χ0) is 19.4. The molecule has 0 bridgehead atoms. The molecule has 27 heavy (non-hydrogen) atoms. The van der Waals surface area contributed by atoms with Crippen LogP contribution in [0.1, 0.15) is 21.5 Å². The van der Waals surface area contributed by atoms with Gasteiger partial charge in [0.25, 0.3) is 5.91 Å². The molecule has 0 atom stereocenters. The van der Waals surface area contributed by atoms with Gasteiger partial charge in [0.1, 0.15) is 5.82 Å². The second-order valence-electron chi connectivity index (χ2n) is 6.71. The van der Waals surface area contributed by atoms with Gasteiger partial charge in [-0.3, -0.25) is 4.79 Å². The van der Waals surface area contributed by atoms with Crippen LogP contribution in [0.15, 0.2) is 42.5 Å². The molecule has 1 amide bonds. The summed E-state index contributed by atoms with van der Waals surface area (Å²) in [6.45, 7) is 5.52. The molecule has 0 unspecified atom stereocenters. The fourth-order valence-electron chi connectivity index (χ4n) is 3.24. The topological polar surface area (TPSA) is 49.9 Å². The van der Waals surface area contributed by atoms with E-state index >= 15 is 0 Å². The number of halogens is 1. The summed E-state index contributed by atoms with van der Waals surface area (Å²) in [5.41, 5.74) is 2.91. The Morgan fingerprint density at radius 2 is 1.74 bits per heavy atom. The Morgan fingerprint density at radius 3 is 2.41 bits per heavy atom. The highest BCUT2D eigenvalue weighted by molar-refractivity contribution is 5.92. The van der Waals surface area contributed by atoms with Gasteiger partial charge in [0.15, 0.2) is 6.61 Å². The van der Waals surface area contributed by atoms with Crippen molar-refractivity contribution in [1.82, 2.24) is 4.90 Å². The summed E-state index contributed by atoms with van der Waals surface area (Å²) in [7, 11) is 0. The van der Waals surface area contributed by atoms with Crippen molar-refractivity contribution in [3.63, 3.8) is 0 Å². The largest absolute Gasteiger partial charge is 0.452 e. The molecule has 3 rings (SSSR count). The van der Waals surface area contributed by atoms with Crippen LogP contribution < -0.4 is 4.90 Å². The van der Waals surface area contributed by atoms with E-state index in [9.17, 15) is 14.0 Å². The van der Waals surface area contributed by atoms with Gasteiger partial charge in [-0.15, -0.1) is 0 Å². The Hall–Kier alpha value is -2.89. The summed E-state index contributed by atoms with van der Waals surface area (Å²) >= 11 is 0. The van der Waals surface area contributed by atoms with Crippen molar-refractivity contribution >= 4 is 17.6 Å². The van der Waals surface area contributed by atoms with E-state index in [0.29, 0.717) is 37.4 Å². The third-order valence-electron chi connectivity index (χ3n) is 4.75. The Bertz CT molecular complexity index is 845. The van der Waals surface area contributed by atoms with Crippen LogP contribution in [-0.2, 0) is 9.53 Å². The van der Waals surface area contributed by atoms with E-state index in [-0.39, 0.29) is 18.3 Å². The molecule has 2 aromatic carbocycles. The predicted octanol–water partition coefficient (Wildman–Crippen LogP) is 2.95.